The monoisotopic (exact) mass is 455 g/mol. The minimum absolute atomic E-state index is 0.0222. The van der Waals surface area contributed by atoms with Crippen LogP contribution in [0.4, 0.5) is 16.2 Å². The number of anilines is 2. The van der Waals surface area contributed by atoms with Crippen LogP contribution in [-0.2, 0) is 10.8 Å². The zero-order valence-electron chi connectivity index (χ0n) is 20.7. The van der Waals surface area contributed by atoms with Crippen molar-refractivity contribution in [1.29, 1.82) is 0 Å². The van der Waals surface area contributed by atoms with Gasteiger partial charge >= 0.3 is 6.03 Å². The number of carbonyl (C=O) groups excluding carboxylic acids is 1. The number of nitrogens with zero attached hydrogens (tertiary/aromatic N) is 1. The normalized spacial score (nSPS) is 27.3. The van der Waals surface area contributed by atoms with E-state index >= 15 is 0 Å². The molecule has 5 rings (SSSR count). The van der Waals surface area contributed by atoms with E-state index in [1.165, 1.54) is 22.4 Å². The molecule has 2 aliphatic heterocycles. The number of hydrogen-bond donors (Lipinski definition) is 2. The SMILES string of the molecule is CCCNC(=O)Nc1cc2c3c(c1)[C@@](C)(C1C=CC=CC1)CCN3CC[C@@]2(C)c1ccccc1. The third-order valence-electron chi connectivity index (χ3n) is 8.42. The summed E-state index contributed by atoms with van der Waals surface area (Å²) in [4.78, 5) is 15.3. The largest absolute Gasteiger partial charge is 0.371 e. The van der Waals surface area contributed by atoms with E-state index in [-0.39, 0.29) is 16.9 Å². The molecule has 2 aromatic rings. The van der Waals surface area contributed by atoms with Crippen LogP contribution in [0.2, 0.25) is 0 Å². The molecule has 0 spiro atoms. The first-order valence-electron chi connectivity index (χ1n) is 12.8. The summed E-state index contributed by atoms with van der Waals surface area (Å²) >= 11 is 0. The van der Waals surface area contributed by atoms with Gasteiger partial charge in [-0.1, -0.05) is 75.4 Å². The summed E-state index contributed by atoms with van der Waals surface area (Å²) in [5.74, 6) is 0.456. The quantitative estimate of drug-likeness (QED) is 0.538. The lowest BCUT2D eigenvalue weighted by atomic mass is 9.61. The summed E-state index contributed by atoms with van der Waals surface area (Å²) in [6.07, 6.45) is 13.2. The molecule has 3 atom stereocenters. The summed E-state index contributed by atoms with van der Waals surface area (Å²) in [5, 5.41) is 6.15. The fraction of sp³-hybridized carbons (Fsp3) is 0.433. The molecule has 1 aliphatic carbocycles. The Morgan fingerprint density at radius 2 is 1.82 bits per heavy atom. The van der Waals surface area contributed by atoms with E-state index in [0.29, 0.717) is 12.5 Å². The number of hydrogen-bond acceptors (Lipinski definition) is 2. The van der Waals surface area contributed by atoms with Crippen molar-refractivity contribution in [2.45, 2.75) is 57.3 Å². The van der Waals surface area contributed by atoms with Crippen molar-refractivity contribution in [2.24, 2.45) is 5.92 Å². The van der Waals surface area contributed by atoms with Gasteiger partial charge in [0.25, 0.3) is 0 Å². The van der Waals surface area contributed by atoms with Gasteiger partial charge in [0.2, 0.25) is 0 Å². The highest BCUT2D eigenvalue weighted by molar-refractivity contribution is 5.90. The number of urea groups is 1. The van der Waals surface area contributed by atoms with Crippen LogP contribution in [0.25, 0.3) is 0 Å². The van der Waals surface area contributed by atoms with E-state index in [2.05, 4.69) is 103 Å². The molecule has 3 aliphatic rings. The average Bonchev–Trinajstić information content (AvgIpc) is 2.87. The highest BCUT2D eigenvalue weighted by Gasteiger charge is 2.46. The number of allylic oxidation sites excluding steroid dienone is 4. The second-order valence-electron chi connectivity index (χ2n) is 10.6. The maximum atomic E-state index is 12.7. The minimum Gasteiger partial charge on any atom is -0.371 e. The lowest BCUT2D eigenvalue weighted by molar-refractivity contribution is 0.252. The molecule has 2 amide bonds. The van der Waals surface area contributed by atoms with Gasteiger partial charge in [0.05, 0.1) is 0 Å². The Morgan fingerprint density at radius 3 is 2.56 bits per heavy atom. The standard InChI is InChI=1S/C30H37N3O/c1-4-17-31-28(34)32-24-20-25-27-26(21-24)30(3,23-13-9-6-10-14-23)16-19-33(27)18-15-29(25,2)22-11-7-5-8-12-22/h5-13,20-21,23H,4,14-19H2,1-3H3,(H2,31,32,34)/t23?,29-,30+/m0/s1. The van der Waals surface area contributed by atoms with Crippen LogP contribution in [0.3, 0.4) is 0 Å². The molecule has 0 aromatic heterocycles. The van der Waals surface area contributed by atoms with Crippen molar-refractivity contribution < 1.29 is 4.79 Å². The number of amides is 2. The Labute approximate surface area is 204 Å². The summed E-state index contributed by atoms with van der Waals surface area (Å²) in [6, 6.07) is 15.3. The van der Waals surface area contributed by atoms with E-state index in [9.17, 15) is 4.79 Å². The molecule has 178 valence electrons. The van der Waals surface area contributed by atoms with Crippen molar-refractivity contribution in [3.05, 3.63) is 83.5 Å². The molecular weight excluding hydrogens is 418 g/mol. The maximum absolute atomic E-state index is 12.7. The van der Waals surface area contributed by atoms with Gasteiger partial charge in [-0.2, -0.15) is 0 Å². The molecule has 1 unspecified atom stereocenters. The molecule has 34 heavy (non-hydrogen) atoms. The summed E-state index contributed by atoms with van der Waals surface area (Å²) in [5.41, 5.74) is 6.29. The first-order chi connectivity index (χ1) is 16.5. The highest BCUT2D eigenvalue weighted by Crippen LogP contribution is 2.55. The molecule has 4 heteroatoms. The van der Waals surface area contributed by atoms with Gasteiger partial charge in [-0.3, -0.25) is 0 Å². The van der Waals surface area contributed by atoms with Gasteiger partial charge in [0, 0.05) is 41.8 Å². The van der Waals surface area contributed by atoms with Gasteiger partial charge in [-0.15, -0.1) is 0 Å². The second-order valence-corrected chi connectivity index (χ2v) is 10.6. The van der Waals surface area contributed by atoms with Crippen LogP contribution in [0.5, 0.6) is 0 Å². The van der Waals surface area contributed by atoms with Crippen molar-refractivity contribution in [1.82, 2.24) is 5.32 Å². The summed E-state index contributed by atoms with van der Waals surface area (Å²) in [6.45, 7) is 9.70. The van der Waals surface area contributed by atoms with E-state index in [0.717, 1.165) is 44.5 Å². The molecule has 4 nitrogen and oxygen atoms in total. The zero-order chi connectivity index (χ0) is 23.8. The Hall–Kier alpha value is -3.01. The van der Waals surface area contributed by atoms with Crippen LogP contribution < -0.4 is 15.5 Å². The molecule has 2 heterocycles. The number of carbonyl (C=O) groups is 1. The van der Waals surface area contributed by atoms with Crippen LogP contribution in [0.15, 0.2) is 66.8 Å². The Morgan fingerprint density at radius 1 is 1.06 bits per heavy atom. The molecule has 0 radical (unpaired) electrons. The van der Waals surface area contributed by atoms with Crippen LogP contribution in [0, 0.1) is 5.92 Å². The lowest BCUT2D eigenvalue weighted by Crippen LogP contribution is -2.48. The summed E-state index contributed by atoms with van der Waals surface area (Å²) in [7, 11) is 0. The van der Waals surface area contributed by atoms with E-state index < -0.39 is 0 Å². The third-order valence-corrected chi connectivity index (χ3v) is 8.42. The van der Waals surface area contributed by atoms with Crippen LogP contribution in [0.1, 0.15) is 63.1 Å². The van der Waals surface area contributed by atoms with Gasteiger partial charge in [0.1, 0.15) is 0 Å². The Bertz CT molecular complexity index is 1120. The molecule has 2 aromatic carbocycles. The van der Waals surface area contributed by atoms with Gasteiger partial charge in [-0.25, -0.2) is 4.79 Å². The van der Waals surface area contributed by atoms with Crippen molar-refractivity contribution in [3.8, 4) is 0 Å². The van der Waals surface area contributed by atoms with Gasteiger partial charge in [-0.05, 0) is 60.4 Å². The van der Waals surface area contributed by atoms with E-state index in [1.54, 1.807) is 0 Å². The summed E-state index contributed by atoms with van der Waals surface area (Å²) < 4.78 is 0. The lowest BCUT2D eigenvalue weighted by Gasteiger charge is -2.52. The first kappa shape index (κ1) is 22.8. The maximum Gasteiger partial charge on any atom is 0.319 e. The number of nitrogens with one attached hydrogen (secondary N) is 2. The molecule has 2 N–H and O–H groups in total. The topological polar surface area (TPSA) is 44.4 Å². The molecule has 0 saturated heterocycles. The van der Waals surface area contributed by atoms with Gasteiger partial charge in [0.15, 0.2) is 0 Å². The predicted molar refractivity (Wildman–Crippen MR) is 142 cm³/mol. The number of benzene rings is 2. The zero-order valence-corrected chi connectivity index (χ0v) is 20.7. The molecule has 0 saturated carbocycles. The first-order valence-corrected chi connectivity index (χ1v) is 12.8. The number of rotatable bonds is 5. The molecule has 0 fully saturated rings. The Kier molecular flexibility index (Phi) is 6.01. The third kappa shape index (κ3) is 3.83. The molecular formula is C30H37N3O. The smallest absolute Gasteiger partial charge is 0.319 e. The average molecular weight is 456 g/mol. The van der Waals surface area contributed by atoms with Crippen molar-refractivity contribution >= 4 is 17.4 Å². The second kappa shape index (κ2) is 8.98. The Balaban J connectivity index is 1.67. The minimum atomic E-state index is -0.124. The predicted octanol–water partition coefficient (Wildman–Crippen LogP) is 6.53. The fourth-order valence-corrected chi connectivity index (χ4v) is 6.19. The van der Waals surface area contributed by atoms with Gasteiger partial charge < -0.3 is 15.5 Å². The van der Waals surface area contributed by atoms with Crippen LogP contribution in [-0.4, -0.2) is 25.7 Å². The van der Waals surface area contributed by atoms with E-state index in [1.807, 2.05) is 0 Å². The van der Waals surface area contributed by atoms with E-state index in [4.69, 9.17) is 0 Å². The highest BCUT2D eigenvalue weighted by atomic mass is 16.2. The molecule has 0 bridgehead atoms. The van der Waals surface area contributed by atoms with Crippen molar-refractivity contribution in [3.63, 3.8) is 0 Å². The fourth-order valence-electron chi connectivity index (χ4n) is 6.19. The van der Waals surface area contributed by atoms with Crippen LogP contribution >= 0.6 is 0 Å². The van der Waals surface area contributed by atoms with Crippen molar-refractivity contribution in [2.75, 3.05) is 29.9 Å².